The Hall–Kier alpha value is -3.28. The van der Waals surface area contributed by atoms with Crippen molar-refractivity contribution in [2.45, 2.75) is 45.4 Å². The number of allylic oxidation sites excluding steroid dienone is 3. The van der Waals surface area contributed by atoms with Crippen LogP contribution in [0.5, 0.6) is 0 Å². The lowest BCUT2D eigenvalue weighted by molar-refractivity contribution is 0.271. The fourth-order valence-corrected chi connectivity index (χ4v) is 3.27. The summed E-state index contributed by atoms with van der Waals surface area (Å²) in [6.07, 6.45) is 11.9. The van der Waals surface area contributed by atoms with Crippen molar-refractivity contribution in [2.75, 3.05) is 0 Å². The zero-order valence-electron chi connectivity index (χ0n) is 17.3. The zero-order chi connectivity index (χ0) is 20.9. The van der Waals surface area contributed by atoms with Crippen LogP contribution >= 0.6 is 0 Å². The highest BCUT2D eigenvalue weighted by atomic mass is 16.5. The van der Waals surface area contributed by atoms with Gasteiger partial charge in [0, 0.05) is 35.5 Å². The number of hydrogen-bond donors (Lipinski definition) is 1. The Labute approximate surface area is 171 Å². The predicted molar refractivity (Wildman–Crippen MR) is 117 cm³/mol. The van der Waals surface area contributed by atoms with Gasteiger partial charge in [-0.2, -0.15) is 4.98 Å². The van der Waals surface area contributed by atoms with Gasteiger partial charge in [0.1, 0.15) is 0 Å². The highest BCUT2D eigenvalue weighted by Gasteiger charge is 2.44. The fourth-order valence-electron chi connectivity index (χ4n) is 3.27. The molecule has 6 nitrogen and oxygen atoms in total. The average Bonchev–Trinajstić information content (AvgIpc) is 3.17. The minimum absolute atomic E-state index is 0.240. The van der Waals surface area contributed by atoms with Crippen molar-refractivity contribution in [3.05, 3.63) is 79.1 Å². The Morgan fingerprint density at radius 1 is 1.24 bits per heavy atom. The first-order valence-electron chi connectivity index (χ1n) is 9.69. The molecule has 1 aliphatic carbocycles. The Morgan fingerprint density at radius 2 is 2.03 bits per heavy atom. The molecule has 0 aromatic carbocycles. The van der Waals surface area contributed by atoms with Gasteiger partial charge in [-0.15, -0.1) is 0 Å². The van der Waals surface area contributed by atoms with Crippen molar-refractivity contribution >= 4 is 16.9 Å². The molecule has 1 N–H and O–H groups in total. The molecule has 150 valence electrons. The van der Waals surface area contributed by atoms with Gasteiger partial charge in [0.15, 0.2) is 5.82 Å². The number of hydrogen-bond acceptors (Lipinski definition) is 6. The Morgan fingerprint density at radius 3 is 2.59 bits per heavy atom. The number of nitrogens with zero attached hydrogens (tertiary/aromatic N) is 4. The molecule has 1 aliphatic rings. The number of rotatable bonds is 8. The summed E-state index contributed by atoms with van der Waals surface area (Å²) in [4.78, 5) is 13.7. The van der Waals surface area contributed by atoms with Crippen LogP contribution in [-0.4, -0.2) is 20.8 Å². The summed E-state index contributed by atoms with van der Waals surface area (Å²) in [5.41, 5.74) is 4.43. The van der Waals surface area contributed by atoms with Crippen molar-refractivity contribution < 1.29 is 4.52 Å². The van der Waals surface area contributed by atoms with E-state index >= 15 is 0 Å². The topological polar surface area (TPSA) is 76.2 Å². The Kier molecular flexibility index (Phi) is 6.22. The van der Waals surface area contributed by atoms with Crippen LogP contribution in [0.1, 0.15) is 63.0 Å². The molecule has 6 heteroatoms. The van der Waals surface area contributed by atoms with Gasteiger partial charge in [0.05, 0.1) is 11.1 Å². The first kappa shape index (κ1) is 20.5. The lowest BCUT2D eigenvalue weighted by Crippen LogP contribution is -2.36. The molecule has 0 amide bonds. The summed E-state index contributed by atoms with van der Waals surface area (Å²) in [5.74, 6) is 1.22. The summed E-state index contributed by atoms with van der Waals surface area (Å²) in [7, 11) is 0. The van der Waals surface area contributed by atoms with E-state index in [-0.39, 0.29) is 5.41 Å². The van der Waals surface area contributed by atoms with Crippen LogP contribution in [0.15, 0.2) is 65.7 Å². The molecule has 29 heavy (non-hydrogen) atoms. The molecule has 1 fully saturated rings. The first-order valence-corrected chi connectivity index (χ1v) is 9.69. The van der Waals surface area contributed by atoms with E-state index in [2.05, 4.69) is 44.7 Å². The van der Waals surface area contributed by atoms with Gasteiger partial charge < -0.3 is 9.84 Å². The summed E-state index contributed by atoms with van der Waals surface area (Å²) < 4.78 is 5.50. The van der Waals surface area contributed by atoms with Gasteiger partial charge in [-0.05, 0) is 51.4 Å². The number of aliphatic imine (C=N–C) groups is 1. The van der Waals surface area contributed by atoms with Gasteiger partial charge in [-0.3, -0.25) is 9.98 Å². The largest absolute Gasteiger partial charge is 0.368 e. The first-order chi connectivity index (χ1) is 14.0. The summed E-state index contributed by atoms with van der Waals surface area (Å²) >= 11 is 0. The van der Waals surface area contributed by atoms with E-state index in [4.69, 9.17) is 4.52 Å². The number of aromatic nitrogens is 3. The molecule has 1 saturated carbocycles. The molecule has 0 bridgehead atoms. The Balaban J connectivity index is 1.90. The van der Waals surface area contributed by atoms with Gasteiger partial charge in [-0.1, -0.05) is 36.9 Å². The van der Waals surface area contributed by atoms with E-state index in [0.717, 1.165) is 47.4 Å². The minimum Gasteiger partial charge on any atom is -0.368 e. The molecule has 0 radical (unpaired) electrons. The fraction of sp³-hybridized carbons (Fsp3) is 0.304. The van der Waals surface area contributed by atoms with Crippen LogP contribution < -0.4 is 5.32 Å². The summed E-state index contributed by atoms with van der Waals surface area (Å²) in [5, 5.41) is 7.22. The second kappa shape index (κ2) is 8.82. The molecular formula is C23H27N5O. The SMILES string of the molecule is C=CN/C=C(\C)c1nc(C2(c3ccc(/C(C=C)=C/N=C(C)C)nc3)CCC2)no1. The van der Waals surface area contributed by atoms with E-state index < -0.39 is 0 Å². The monoisotopic (exact) mass is 389 g/mol. The predicted octanol–water partition coefficient (Wildman–Crippen LogP) is 5.04. The summed E-state index contributed by atoms with van der Waals surface area (Å²) in [6.45, 7) is 13.3. The lowest BCUT2D eigenvalue weighted by atomic mass is 9.64. The third-order valence-corrected chi connectivity index (χ3v) is 5.11. The third kappa shape index (κ3) is 4.26. The quantitative estimate of drug-likeness (QED) is 0.506. The maximum atomic E-state index is 5.50. The second-order valence-corrected chi connectivity index (χ2v) is 7.35. The molecule has 0 spiro atoms. The van der Waals surface area contributed by atoms with Crippen molar-refractivity contribution in [2.24, 2.45) is 4.99 Å². The molecular weight excluding hydrogens is 362 g/mol. The van der Waals surface area contributed by atoms with Crippen molar-refractivity contribution in [3.8, 4) is 0 Å². The zero-order valence-corrected chi connectivity index (χ0v) is 17.3. The van der Waals surface area contributed by atoms with Gasteiger partial charge >= 0.3 is 0 Å². The molecule has 3 rings (SSSR count). The molecule has 2 heterocycles. The van der Waals surface area contributed by atoms with Crippen molar-refractivity contribution in [3.63, 3.8) is 0 Å². The number of nitrogens with one attached hydrogen (secondary N) is 1. The number of pyridine rings is 1. The molecule has 0 atom stereocenters. The van der Waals surface area contributed by atoms with Crippen LogP contribution in [0.4, 0.5) is 0 Å². The summed E-state index contributed by atoms with van der Waals surface area (Å²) in [6, 6.07) is 4.10. The van der Waals surface area contributed by atoms with Crippen LogP contribution in [-0.2, 0) is 5.41 Å². The normalized spacial score (nSPS) is 16.0. The van der Waals surface area contributed by atoms with Gasteiger partial charge in [0.25, 0.3) is 5.89 Å². The molecule has 0 aliphatic heterocycles. The Bertz CT molecular complexity index is 971. The molecule has 2 aromatic rings. The maximum absolute atomic E-state index is 5.50. The molecule has 2 aromatic heterocycles. The van der Waals surface area contributed by atoms with E-state index in [1.165, 1.54) is 0 Å². The van der Waals surface area contributed by atoms with Gasteiger partial charge in [-0.25, -0.2) is 0 Å². The second-order valence-electron chi connectivity index (χ2n) is 7.35. The third-order valence-electron chi connectivity index (χ3n) is 5.11. The standard InChI is InChI=1S/C23H27N5O/c1-6-18(14-25-16(3)4)20-10-9-19(15-26-20)23(11-8-12-23)22-27-21(29-28-22)17(5)13-24-7-2/h6-7,9-10,13-15,24H,1-2,8,11-12H2,3-5H3/b17-13+,18-14+. The van der Waals surface area contributed by atoms with Gasteiger partial charge in [0.2, 0.25) is 0 Å². The van der Waals surface area contributed by atoms with E-state index in [1.54, 1.807) is 24.7 Å². The van der Waals surface area contributed by atoms with Crippen LogP contribution in [0.3, 0.4) is 0 Å². The minimum atomic E-state index is -0.240. The smallest absolute Gasteiger partial charge is 0.255 e. The van der Waals surface area contributed by atoms with Crippen molar-refractivity contribution in [1.29, 1.82) is 0 Å². The lowest BCUT2D eigenvalue weighted by Gasteiger charge is -2.39. The van der Waals surface area contributed by atoms with Crippen LogP contribution in [0, 0.1) is 0 Å². The average molecular weight is 390 g/mol. The van der Waals surface area contributed by atoms with E-state index in [0.29, 0.717) is 11.7 Å². The van der Waals surface area contributed by atoms with Crippen molar-refractivity contribution in [1.82, 2.24) is 20.4 Å². The highest BCUT2D eigenvalue weighted by Crippen LogP contribution is 2.47. The van der Waals surface area contributed by atoms with Crippen LogP contribution in [0.2, 0.25) is 0 Å². The molecule has 0 saturated heterocycles. The maximum Gasteiger partial charge on any atom is 0.255 e. The van der Waals surface area contributed by atoms with E-state index in [1.807, 2.05) is 33.0 Å². The van der Waals surface area contributed by atoms with Crippen LogP contribution in [0.25, 0.3) is 11.1 Å². The highest BCUT2D eigenvalue weighted by molar-refractivity contribution is 5.81. The molecule has 0 unspecified atom stereocenters. The van der Waals surface area contributed by atoms with E-state index in [9.17, 15) is 0 Å².